The molecule has 0 spiro atoms. The van der Waals surface area contributed by atoms with Crippen LogP contribution in [0, 0.1) is 10.1 Å². The first-order chi connectivity index (χ1) is 9.97. The van der Waals surface area contributed by atoms with Gasteiger partial charge in [0.05, 0.1) is 16.1 Å². The van der Waals surface area contributed by atoms with Gasteiger partial charge in [0.2, 0.25) is 0 Å². The third-order valence-electron chi connectivity index (χ3n) is 3.55. The number of anilines is 1. The molecule has 0 aliphatic carbocycles. The summed E-state index contributed by atoms with van der Waals surface area (Å²) in [7, 11) is 0. The van der Waals surface area contributed by atoms with Crippen LogP contribution in [0.4, 0.5) is 11.4 Å². The average molecular weight is 294 g/mol. The van der Waals surface area contributed by atoms with Crippen molar-refractivity contribution >= 4 is 17.3 Å². The summed E-state index contributed by atoms with van der Waals surface area (Å²) >= 11 is 0. The Bertz CT molecular complexity index is 555. The highest BCUT2D eigenvalue weighted by atomic mass is 16.6. The van der Waals surface area contributed by atoms with Gasteiger partial charge in [0.1, 0.15) is 5.69 Å². The SMILES string of the molecule is CC1(CNC(=O)c2cccc([N+](=O)[O-])c2NN)CCCO1. The Morgan fingerprint density at radius 3 is 2.90 bits per heavy atom. The summed E-state index contributed by atoms with van der Waals surface area (Å²) in [5.74, 6) is 4.88. The number of nitro benzene ring substituents is 1. The van der Waals surface area contributed by atoms with Crippen LogP contribution in [0.25, 0.3) is 0 Å². The average Bonchev–Trinajstić information content (AvgIpc) is 2.91. The Labute approximate surface area is 121 Å². The summed E-state index contributed by atoms with van der Waals surface area (Å²) in [6, 6.07) is 4.21. The van der Waals surface area contributed by atoms with Crippen molar-refractivity contribution in [1.82, 2.24) is 5.32 Å². The molecule has 1 heterocycles. The van der Waals surface area contributed by atoms with E-state index >= 15 is 0 Å². The number of nitro groups is 1. The predicted octanol–water partition coefficient (Wildman–Crippen LogP) is 1.18. The molecule has 1 saturated heterocycles. The van der Waals surface area contributed by atoms with Crippen LogP contribution in [0.1, 0.15) is 30.1 Å². The number of nitrogen functional groups attached to an aromatic ring is 1. The summed E-state index contributed by atoms with van der Waals surface area (Å²) in [5.41, 5.74) is 1.74. The molecule has 0 radical (unpaired) electrons. The van der Waals surface area contributed by atoms with Gasteiger partial charge in [0.25, 0.3) is 11.6 Å². The van der Waals surface area contributed by atoms with Crippen molar-refractivity contribution in [2.75, 3.05) is 18.6 Å². The molecule has 0 aromatic heterocycles. The van der Waals surface area contributed by atoms with Crippen LogP contribution in [0.2, 0.25) is 0 Å². The molecule has 8 nitrogen and oxygen atoms in total. The van der Waals surface area contributed by atoms with Crippen molar-refractivity contribution < 1.29 is 14.5 Å². The number of amides is 1. The molecule has 1 fully saturated rings. The quantitative estimate of drug-likeness (QED) is 0.426. The van der Waals surface area contributed by atoms with Gasteiger partial charge < -0.3 is 15.5 Å². The van der Waals surface area contributed by atoms with Crippen molar-refractivity contribution in [3.05, 3.63) is 33.9 Å². The fourth-order valence-electron chi connectivity index (χ4n) is 2.37. The van der Waals surface area contributed by atoms with Crippen LogP contribution in [0.5, 0.6) is 0 Å². The van der Waals surface area contributed by atoms with Gasteiger partial charge in [-0.15, -0.1) is 0 Å². The zero-order valence-electron chi connectivity index (χ0n) is 11.7. The van der Waals surface area contributed by atoms with Gasteiger partial charge in [-0.2, -0.15) is 0 Å². The summed E-state index contributed by atoms with van der Waals surface area (Å²) in [5, 5.41) is 13.7. The van der Waals surface area contributed by atoms with Crippen LogP contribution in [-0.2, 0) is 4.74 Å². The molecule has 8 heteroatoms. The minimum atomic E-state index is -0.590. The van der Waals surface area contributed by atoms with E-state index in [1.807, 2.05) is 6.92 Å². The lowest BCUT2D eigenvalue weighted by molar-refractivity contribution is -0.384. The Morgan fingerprint density at radius 1 is 1.57 bits per heavy atom. The summed E-state index contributed by atoms with van der Waals surface area (Å²) in [4.78, 5) is 22.6. The van der Waals surface area contributed by atoms with E-state index in [9.17, 15) is 14.9 Å². The number of rotatable bonds is 5. The zero-order chi connectivity index (χ0) is 15.5. The van der Waals surface area contributed by atoms with Crippen molar-refractivity contribution in [1.29, 1.82) is 0 Å². The molecule has 114 valence electrons. The highest BCUT2D eigenvalue weighted by Crippen LogP contribution is 2.28. The largest absolute Gasteiger partial charge is 0.373 e. The predicted molar refractivity (Wildman–Crippen MR) is 76.8 cm³/mol. The smallest absolute Gasteiger partial charge is 0.294 e. The lowest BCUT2D eigenvalue weighted by Gasteiger charge is -2.23. The Morgan fingerprint density at radius 2 is 2.33 bits per heavy atom. The van der Waals surface area contributed by atoms with Crippen molar-refractivity contribution in [3.8, 4) is 0 Å². The molecule has 0 saturated carbocycles. The van der Waals surface area contributed by atoms with Gasteiger partial charge in [-0.3, -0.25) is 20.8 Å². The van der Waals surface area contributed by atoms with Gasteiger partial charge in [-0.1, -0.05) is 6.07 Å². The number of nitrogens with one attached hydrogen (secondary N) is 2. The second kappa shape index (κ2) is 6.06. The number of para-hydroxylation sites is 1. The van der Waals surface area contributed by atoms with E-state index in [-0.39, 0.29) is 22.5 Å². The van der Waals surface area contributed by atoms with Gasteiger partial charge in [0.15, 0.2) is 0 Å². The van der Waals surface area contributed by atoms with E-state index in [1.54, 1.807) is 0 Å². The first-order valence-corrected chi connectivity index (χ1v) is 6.63. The van der Waals surface area contributed by atoms with Crippen LogP contribution in [0.3, 0.4) is 0 Å². The van der Waals surface area contributed by atoms with E-state index in [4.69, 9.17) is 10.6 Å². The van der Waals surface area contributed by atoms with Crippen LogP contribution < -0.4 is 16.6 Å². The van der Waals surface area contributed by atoms with E-state index in [1.165, 1.54) is 18.2 Å². The Hall–Kier alpha value is -2.19. The molecule has 2 rings (SSSR count). The topological polar surface area (TPSA) is 120 Å². The number of hydrogen-bond donors (Lipinski definition) is 3. The van der Waals surface area contributed by atoms with Crippen LogP contribution >= 0.6 is 0 Å². The number of carbonyl (C=O) groups excluding carboxylic acids is 1. The monoisotopic (exact) mass is 294 g/mol. The molecule has 21 heavy (non-hydrogen) atoms. The first kappa shape index (κ1) is 15.2. The van der Waals surface area contributed by atoms with Gasteiger partial charge in [-0.25, -0.2) is 0 Å². The number of ether oxygens (including phenoxy) is 1. The minimum Gasteiger partial charge on any atom is -0.373 e. The highest BCUT2D eigenvalue weighted by Gasteiger charge is 2.30. The molecule has 1 aliphatic rings. The van der Waals surface area contributed by atoms with Gasteiger partial charge in [0, 0.05) is 19.2 Å². The second-order valence-electron chi connectivity index (χ2n) is 5.19. The van der Waals surface area contributed by atoms with E-state index in [2.05, 4.69) is 10.7 Å². The number of nitrogens with zero attached hydrogens (tertiary/aromatic N) is 1. The molecule has 0 bridgehead atoms. The van der Waals surface area contributed by atoms with Crippen LogP contribution in [0.15, 0.2) is 18.2 Å². The maximum Gasteiger partial charge on any atom is 0.294 e. The summed E-state index contributed by atoms with van der Waals surface area (Å²) in [6.45, 7) is 2.95. The number of hydrazine groups is 1. The van der Waals surface area contributed by atoms with Crippen LogP contribution in [-0.4, -0.2) is 29.6 Å². The van der Waals surface area contributed by atoms with Crippen molar-refractivity contribution in [2.24, 2.45) is 5.84 Å². The third kappa shape index (κ3) is 3.29. The Kier molecular flexibility index (Phi) is 4.39. The van der Waals surface area contributed by atoms with Crippen molar-refractivity contribution in [2.45, 2.75) is 25.4 Å². The number of nitrogens with two attached hydrogens (primary N) is 1. The molecule has 4 N–H and O–H groups in total. The van der Waals surface area contributed by atoms with Crippen molar-refractivity contribution in [3.63, 3.8) is 0 Å². The maximum absolute atomic E-state index is 12.2. The molecule has 1 amide bonds. The van der Waals surface area contributed by atoms with E-state index in [0.29, 0.717) is 13.2 Å². The fourth-order valence-corrected chi connectivity index (χ4v) is 2.37. The molecule has 1 unspecified atom stereocenters. The zero-order valence-corrected chi connectivity index (χ0v) is 11.7. The number of carbonyl (C=O) groups is 1. The third-order valence-corrected chi connectivity index (χ3v) is 3.55. The second-order valence-corrected chi connectivity index (χ2v) is 5.19. The maximum atomic E-state index is 12.2. The molecular weight excluding hydrogens is 276 g/mol. The molecule has 1 aliphatic heterocycles. The summed E-state index contributed by atoms with van der Waals surface area (Å²) in [6.07, 6.45) is 1.82. The molecule has 1 aromatic rings. The highest BCUT2D eigenvalue weighted by molar-refractivity contribution is 6.01. The minimum absolute atomic E-state index is 0.00232. The standard InChI is InChI=1S/C13H18N4O4/c1-13(6-3-7-21-13)8-15-12(18)9-4-2-5-10(17(19)20)11(9)16-14/h2,4-5,16H,3,6-8,14H2,1H3,(H,15,18). The normalized spacial score (nSPS) is 21.0. The molecular formula is C13H18N4O4. The Balaban J connectivity index is 2.15. The fraction of sp³-hybridized carbons (Fsp3) is 0.462. The lowest BCUT2D eigenvalue weighted by atomic mass is 10.0. The van der Waals surface area contributed by atoms with E-state index in [0.717, 1.165) is 12.8 Å². The summed E-state index contributed by atoms with van der Waals surface area (Å²) < 4.78 is 5.58. The lowest BCUT2D eigenvalue weighted by Crippen LogP contribution is -2.40. The number of hydrogen-bond acceptors (Lipinski definition) is 6. The first-order valence-electron chi connectivity index (χ1n) is 6.63. The van der Waals surface area contributed by atoms with Gasteiger partial charge in [-0.05, 0) is 25.8 Å². The molecule has 1 aromatic carbocycles. The van der Waals surface area contributed by atoms with Gasteiger partial charge >= 0.3 is 0 Å². The van der Waals surface area contributed by atoms with E-state index < -0.39 is 10.8 Å². The number of benzene rings is 1. The molecule has 1 atom stereocenters.